The summed E-state index contributed by atoms with van der Waals surface area (Å²) in [6, 6.07) is 7.45. The van der Waals surface area contributed by atoms with Crippen molar-refractivity contribution in [2.45, 2.75) is 51.7 Å². The van der Waals surface area contributed by atoms with E-state index in [1.165, 1.54) is 0 Å². The van der Waals surface area contributed by atoms with Gasteiger partial charge in [0.05, 0.1) is 5.60 Å². The first-order chi connectivity index (χ1) is 8.50. The number of phenolic OH excluding ortho intramolecular Hbond substituents is 1. The topological polar surface area (TPSA) is 52.5 Å². The number of nitrogens with one attached hydrogen (secondary N) is 1. The molecule has 0 saturated carbocycles. The van der Waals surface area contributed by atoms with Crippen molar-refractivity contribution in [3.63, 3.8) is 0 Å². The van der Waals surface area contributed by atoms with Crippen LogP contribution in [-0.2, 0) is 0 Å². The zero-order valence-electron chi connectivity index (χ0n) is 11.6. The van der Waals surface area contributed by atoms with E-state index < -0.39 is 5.60 Å². The Hall–Kier alpha value is -1.06. The van der Waals surface area contributed by atoms with Gasteiger partial charge in [-0.25, -0.2) is 0 Å². The Morgan fingerprint density at radius 3 is 2.50 bits per heavy atom. The Morgan fingerprint density at radius 2 is 1.94 bits per heavy atom. The minimum atomic E-state index is -0.550. The SMILES string of the molecule is CCC(O)(CC)CCNC(C)c1cccc(O)c1. The van der Waals surface area contributed by atoms with Crippen molar-refractivity contribution in [1.82, 2.24) is 5.32 Å². The molecule has 0 heterocycles. The van der Waals surface area contributed by atoms with Gasteiger partial charge in [0.1, 0.15) is 5.75 Å². The molecular weight excluding hydrogens is 226 g/mol. The van der Waals surface area contributed by atoms with Crippen LogP contribution in [0.3, 0.4) is 0 Å². The monoisotopic (exact) mass is 251 g/mol. The highest BCUT2D eigenvalue weighted by atomic mass is 16.3. The number of aliphatic hydroxyl groups is 1. The van der Waals surface area contributed by atoms with Crippen molar-refractivity contribution >= 4 is 0 Å². The molecule has 0 aliphatic rings. The smallest absolute Gasteiger partial charge is 0.115 e. The maximum Gasteiger partial charge on any atom is 0.115 e. The van der Waals surface area contributed by atoms with Crippen LogP contribution in [0.4, 0.5) is 0 Å². The van der Waals surface area contributed by atoms with Gasteiger partial charge in [0.25, 0.3) is 0 Å². The van der Waals surface area contributed by atoms with Crippen molar-refractivity contribution in [2.24, 2.45) is 0 Å². The Balaban J connectivity index is 2.44. The fourth-order valence-electron chi connectivity index (χ4n) is 2.04. The number of aromatic hydroxyl groups is 1. The molecule has 1 unspecified atom stereocenters. The first-order valence-electron chi connectivity index (χ1n) is 6.75. The average Bonchev–Trinajstić information content (AvgIpc) is 2.38. The van der Waals surface area contributed by atoms with Gasteiger partial charge in [0.2, 0.25) is 0 Å². The number of phenols is 1. The van der Waals surface area contributed by atoms with E-state index in [-0.39, 0.29) is 6.04 Å². The largest absolute Gasteiger partial charge is 0.508 e. The second-order valence-electron chi connectivity index (χ2n) is 4.95. The highest BCUT2D eigenvalue weighted by molar-refractivity contribution is 5.28. The van der Waals surface area contributed by atoms with Crippen LogP contribution < -0.4 is 5.32 Å². The molecule has 0 aromatic heterocycles. The second kappa shape index (κ2) is 6.76. The summed E-state index contributed by atoms with van der Waals surface area (Å²) in [5.41, 5.74) is 0.512. The third-order valence-electron chi connectivity index (χ3n) is 3.73. The normalized spacial score (nSPS) is 13.6. The van der Waals surface area contributed by atoms with Crippen LogP contribution in [0.25, 0.3) is 0 Å². The molecule has 3 nitrogen and oxygen atoms in total. The number of benzene rings is 1. The minimum Gasteiger partial charge on any atom is -0.508 e. The molecule has 3 N–H and O–H groups in total. The fraction of sp³-hybridized carbons (Fsp3) is 0.600. The van der Waals surface area contributed by atoms with Crippen LogP contribution in [0.2, 0.25) is 0 Å². The van der Waals surface area contributed by atoms with Crippen molar-refractivity contribution < 1.29 is 10.2 Å². The van der Waals surface area contributed by atoms with Gasteiger partial charge in [-0.1, -0.05) is 26.0 Å². The van der Waals surface area contributed by atoms with Gasteiger partial charge in [-0.15, -0.1) is 0 Å². The maximum atomic E-state index is 10.2. The van der Waals surface area contributed by atoms with Crippen molar-refractivity contribution in [3.8, 4) is 5.75 Å². The van der Waals surface area contributed by atoms with Gasteiger partial charge in [0, 0.05) is 6.04 Å². The zero-order valence-corrected chi connectivity index (χ0v) is 11.6. The van der Waals surface area contributed by atoms with Crippen LogP contribution in [0.5, 0.6) is 5.75 Å². The highest BCUT2D eigenvalue weighted by Crippen LogP contribution is 2.20. The molecule has 0 bridgehead atoms. The Bertz CT molecular complexity index is 361. The second-order valence-corrected chi connectivity index (χ2v) is 4.95. The maximum absolute atomic E-state index is 10.2. The van der Waals surface area contributed by atoms with E-state index in [0.717, 1.165) is 31.4 Å². The Kier molecular flexibility index (Phi) is 5.63. The molecule has 0 spiro atoms. The summed E-state index contributed by atoms with van der Waals surface area (Å²) in [4.78, 5) is 0. The van der Waals surface area contributed by atoms with E-state index in [0.29, 0.717) is 5.75 Å². The summed E-state index contributed by atoms with van der Waals surface area (Å²) < 4.78 is 0. The summed E-state index contributed by atoms with van der Waals surface area (Å²) in [7, 11) is 0. The average molecular weight is 251 g/mol. The number of hydrogen-bond donors (Lipinski definition) is 3. The summed E-state index contributed by atoms with van der Waals surface area (Å²) in [5, 5.41) is 23.0. The van der Waals surface area contributed by atoms with Crippen molar-refractivity contribution in [2.75, 3.05) is 6.54 Å². The van der Waals surface area contributed by atoms with Crippen molar-refractivity contribution in [3.05, 3.63) is 29.8 Å². The lowest BCUT2D eigenvalue weighted by atomic mass is 9.93. The van der Waals surface area contributed by atoms with E-state index in [1.807, 2.05) is 26.0 Å². The molecule has 0 amide bonds. The molecule has 1 atom stereocenters. The predicted molar refractivity (Wildman–Crippen MR) is 74.7 cm³/mol. The standard InChI is InChI=1S/C15H25NO2/c1-4-15(18,5-2)9-10-16-12(3)13-7-6-8-14(17)11-13/h6-8,11-12,16-18H,4-5,9-10H2,1-3H3. The van der Waals surface area contributed by atoms with E-state index in [1.54, 1.807) is 12.1 Å². The molecule has 0 fully saturated rings. The summed E-state index contributed by atoms with van der Waals surface area (Å²) in [6.07, 6.45) is 2.32. The lowest BCUT2D eigenvalue weighted by molar-refractivity contribution is 0.0235. The van der Waals surface area contributed by atoms with E-state index in [4.69, 9.17) is 0 Å². The zero-order chi connectivity index (χ0) is 13.6. The number of hydrogen-bond acceptors (Lipinski definition) is 3. The van der Waals surface area contributed by atoms with Gasteiger partial charge in [0.15, 0.2) is 0 Å². The van der Waals surface area contributed by atoms with Gasteiger partial charge in [-0.2, -0.15) is 0 Å². The van der Waals surface area contributed by atoms with E-state index in [2.05, 4.69) is 12.2 Å². The highest BCUT2D eigenvalue weighted by Gasteiger charge is 2.21. The third kappa shape index (κ3) is 4.31. The fourth-order valence-corrected chi connectivity index (χ4v) is 2.04. The van der Waals surface area contributed by atoms with E-state index in [9.17, 15) is 10.2 Å². The quantitative estimate of drug-likeness (QED) is 0.698. The third-order valence-corrected chi connectivity index (χ3v) is 3.73. The molecule has 18 heavy (non-hydrogen) atoms. The van der Waals surface area contributed by atoms with Crippen LogP contribution in [0.15, 0.2) is 24.3 Å². The Labute approximate surface area is 110 Å². The molecule has 3 heteroatoms. The van der Waals surface area contributed by atoms with Crippen LogP contribution in [-0.4, -0.2) is 22.4 Å². The summed E-state index contributed by atoms with van der Waals surface area (Å²) in [6.45, 7) is 6.87. The molecule has 0 aliphatic carbocycles. The van der Waals surface area contributed by atoms with Gasteiger partial charge >= 0.3 is 0 Å². The van der Waals surface area contributed by atoms with Gasteiger partial charge in [-0.05, 0) is 50.4 Å². The molecule has 1 aromatic rings. The molecule has 0 radical (unpaired) electrons. The molecule has 1 rings (SSSR count). The van der Waals surface area contributed by atoms with Crippen LogP contribution in [0, 0.1) is 0 Å². The molecule has 0 aliphatic heterocycles. The van der Waals surface area contributed by atoms with Crippen molar-refractivity contribution in [1.29, 1.82) is 0 Å². The Morgan fingerprint density at radius 1 is 1.28 bits per heavy atom. The molecule has 0 saturated heterocycles. The number of rotatable bonds is 7. The van der Waals surface area contributed by atoms with Gasteiger partial charge in [-0.3, -0.25) is 0 Å². The molecular formula is C15H25NO2. The minimum absolute atomic E-state index is 0.176. The molecule has 102 valence electrons. The first kappa shape index (κ1) is 15.0. The van der Waals surface area contributed by atoms with E-state index >= 15 is 0 Å². The first-order valence-corrected chi connectivity index (χ1v) is 6.75. The predicted octanol–water partition coefficient (Wildman–Crippen LogP) is 2.98. The lowest BCUT2D eigenvalue weighted by Crippen LogP contribution is -2.32. The van der Waals surface area contributed by atoms with Crippen LogP contribution in [0.1, 0.15) is 51.6 Å². The lowest BCUT2D eigenvalue weighted by Gasteiger charge is -2.26. The summed E-state index contributed by atoms with van der Waals surface area (Å²) in [5.74, 6) is 0.291. The summed E-state index contributed by atoms with van der Waals surface area (Å²) >= 11 is 0. The van der Waals surface area contributed by atoms with Gasteiger partial charge < -0.3 is 15.5 Å². The van der Waals surface area contributed by atoms with Crippen LogP contribution >= 0.6 is 0 Å². The molecule has 1 aromatic carbocycles.